The van der Waals surface area contributed by atoms with E-state index >= 15 is 0 Å². The quantitative estimate of drug-likeness (QED) is 0.712. The van der Waals surface area contributed by atoms with Crippen molar-refractivity contribution >= 4 is 5.91 Å². The van der Waals surface area contributed by atoms with Crippen LogP contribution in [0.15, 0.2) is 65.7 Å². The molecule has 0 radical (unpaired) electrons. The van der Waals surface area contributed by atoms with Gasteiger partial charge in [0.2, 0.25) is 5.91 Å². The zero-order chi connectivity index (χ0) is 17.6. The van der Waals surface area contributed by atoms with Crippen molar-refractivity contribution in [1.82, 2.24) is 20.1 Å². The molecule has 0 aliphatic rings. The van der Waals surface area contributed by atoms with E-state index in [4.69, 9.17) is 4.74 Å². The fourth-order valence-electron chi connectivity index (χ4n) is 2.55. The molecule has 0 bridgehead atoms. The smallest absolute Gasteiger partial charge is 0.343 e. The van der Waals surface area contributed by atoms with Gasteiger partial charge in [0.05, 0.1) is 13.2 Å². The maximum atomic E-state index is 12.4. The lowest BCUT2D eigenvalue weighted by molar-refractivity contribution is -0.122. The molecule has 1 heterocycles. The molecule has 1 atom stereocenters. The van der Waals surface area contributed by atoms with Crippen LogP contribution in [0, 0.1) is 0 Å². The topological polar surface area (TPSA) is 89.0 Å². The maximum absolute atomic E-state index is 12.4. The lowest BCUT2D eigenvalue weighted by Gasteiger charge is -2.20. The molecule has 0 spiro atoms. The third-order valence-corrected chi connectivity index (χ3v) is 3.82. The van der Waals surface area contributed by atoms with Crippen LogP contribution in [0.5, 0.6) is 5.75 Å². The Kier molecular flexibility index (Phi) is 4.94. The van der Waals surface area contributed by atoms with Crippen LogP contribution >= 0.6 is 0 Å². The lowest BCUT2D eigenvalue weighted by atomic mass is 9.98. The zero-order valence-corrected chi connectivity index (χ0v) is 13.7. The Morgan fingerprint density at radius 3 is 2.44 bits per heavy atom. The third-order valence-electron chi connectivity index (χ3n) is 3.82. The van der Waals surface area contributed by atoms with Gasteiger partial charge in [-0.1, -0.05) is 42.5 Å². The van der Waals surface area contributed by atoms with Gasteiger partial charge in [0, 0.05) is 0 Å². The summed E-state index contributed by atoms with van der Waals surface area (Å²) in [4.78, 5) is 23.9. The Morgan fingerprint density at radius 1 is 1.16 bits per heavy atom. The largest absolute Gasteiger partial charge is 0.497 e. The summed E-state index contributed by atoms with van der Waals surface area (Å²) in [5, 5.41) is 8.86. The Balaban J connectivity index is 1.84. The summed E-state index contributed by atoms with van der Waals surface area (Å²) in [5.74, 6) is 0.458. The molecule has 3 aromatic rings. The number of methoxy groups -OCH3 is 1. The monoisotopic (exact) mass is 338 g/mol. The number of carbonyl (C=O) groups excluding carboxylic acids is 1. The van der Waals surface area contributed by atoms with Crippen LogP contribution in [0.25, 0.3) is 0 Å². The predicted octanol–water partition coefficient (Wildman–Crippen LogP) is 1.49. The molecule has 0 aliphatic heterocycles. The van der Waals surface area contributed by atoms with Crippen LogP contribution in [-0.2, 0) is 11.3 Å². The molecule has 7 heteroatoms. The number of hydrogen-bond acceptors (Lipinski definition) is 4. The molecule has 25 heavy (non-hydrogen) atoms. The number of aromatic amines is 1. The summed E-state index contributed by atoms with van der Waals surface area (Å²) in [5.41, 5.74) is 1.44. The summed E-state index contributed by atoms with van der Waals surface area (Å²) in [6, 6.07) is 16.8. The van der Waals surface area contributed by atoms with Gasteiger partial charge in [-0.15, -0.1) is 0 Å². The van der Waals surface area contributed by atoms with Gasteiger partial charge in [-0.05, 0) is 23.3 Å². The average Bonchev–Trinajstić information content (AvgIpc) is 3.05. The van der Waals surface area contributed by atoms with Gasteiger partial charge in [-0.3, -0.25) is 9.36 Å². The van der Waals surface area contributed by atoms with Gasteiger partial charge in [-0.2, -0.15) is 5.10 Å². The number of ether oxygens (including phenoxy) is 1. The van der Waals surface area contributed by atoms with Crippen molar-refractivity contribution in [1.29, 1.82) is 0 Å². The van der Waals surface area contributed by atoms with Crippen molar-refractivity contribution in [3.8, 4) is 5.75 Å². The molecular formula is C18H18N4O3. The van der Waals surface area contributed by atoms with E-state index in [0.717, 1.165) is 16.9 Å². The van der Waals surface area contributed by atoms with E-state index in [1.54, 1.807) is 7.11 Å². The number of amides is 1. The van der Waals surface area contributed by atoms with Gasteiger partial charge < -0.3 is 10.1 Å². The maximum Gasteiger partial charge on any atom is 0.343 e. The molecular weight excluding hydrogens is 320 g/mol. The second-order valence-corrected chi connectivity index (χ2v) is 5.47. The highest BCUT2D eigenvalue weighted by Gasteiger charge is 2.17. The van der Waals surface area contributed by atoms with E-state index in [9.17, 15) is 9.59 Å². The minimum Gasteiger partial charge on any atom is -0.497 e. The molecule has 0 fully saturated rings. The first-order chi connectivity index (χ1) is 12.2. The molecule has 1 amide bonds. The van der Waals surface area contributed by atoms with Gasteiger partial charge in [-0.25, -0.2) is 9.89 Å². The van der Waals surface area contributed by atoms with Crippen LogP contribution in [0.1, 0.15) is 17.2 Å². The minimum absolute atomic E-state index is 0.102. The average molecular weight is 338 g/mol. The normalized spacial score (nSPS) is 11.7. The van der Waals surface area contributed by atoms with Crippen LogP contribution in [0.3, 0.4) is 0 Å². The van der Waals surface area contributed by atoms with Crippen molar-refractivity contribution in [3.63, 3.8) is 0 Å². The lowest BCUT2D eigenvalue weighted by Crippen LogP contribution is -2.34. The predicted molar refractivity (Wildman–Crippen MR) is 92.3 cm³/mol. The van der Waals surface area contributed by atoms with Crippen molar-refractivity contribution in [3.05, 3.63) is 82.5 Å². The van der Waals surface area contributed by atoms with E-state index in [2.05, 4.69) is 15.5 Å². The van der Waals surface area contributed by atoms with Gasteiger partial charge in [0.25, 0.3) is 0 Å². The first kappa shape index (κ1) is 16.5. The van der Waals surface area contributed by atoms with E-state index in [0.29, 0.717) is 0 Å². The molecule has 1 unspecified atom stereocenters. The molecule has 0 saturated carbocycles. The number of benzene rings is 2. The standard InChI is InChI=1S/C18H18N4O3/c1-25-15-9-7-14(8-10-15)17(13-5-3-2-4-6-13)20-16(23)11-22-12-19-21-18(22)24/h2-10,12,17H,11H2,1H3,(H,20,23)(H,21,24). The Bertz CT molecular complexity index is 884. The highest BCUT2D eigenvalue weighted by molar-refractivity contribution is 5.76. The number of hydrogen-bond donors (Lipinski definition) is 2. The van der Waals surface area contributed by atoms with Crippen LogP contribution < -0.4 is 15.7 Å². The number of H-pyrrole nitrogens is 1. The fraction of sp³-hybridized carbons (Fsp3) is 0.167. The summed E-state index contributed by atoms with van der Waals surface area (Å²) < 4.78 is 6.40. The minimum atomic E-state index is -0.421. The highest BCUT2D eigenvalue weighted by atomic mass is 16.5. The molecule has 1 aromatic heterocycles. The Hall–Kier alpha value is -3.35. The second kappa shape index (κ2) is 7.48. The number of nitrogens with zero attached hydrogens (tertiary/aromatic N) is 2. The number of carbonyl (C=O) groups is 1. The number of aromatic nitrogens is 3. The van der Waals surface area contributed by atoms with Crippen molar-refractivity contribution in [2.45, 2.75) is 12.6 Å². The molecule has 2 N–H and O–H groups in total. The molecule has 128 valence electrons. The first-order valence-electron chi connectivity index (χ1n) is 7.75. The molecule has 0 saturated heterocycles. The Morgan fingerprint density at radius 2 is 1.84 bits per heavy atom. The van der Waals surface area contributed by atoms with E-state index in [-0.39, 0.29) is 18.5 Å². The highest BCUT2D eigenvalue weighted by Crippen LogP contribution is 2.24. The second-order valence-electron chi connectivity index (χ2n) is 5.47. The third kappa shape index (κ3) is 3.95. The van der Waals surface area contributed by atoms with Gasteiger partial charge in [0.1, 0.15) is 18.6 Å². The van der Waals surface area contributed by atoms with Crippen molar-refractivity contribution in [2.24, 2.45) is 0 Å². The van der Waals surface area contributed by atoms with E-state index in [1.807, 2.05) is 54.6 Å². The zero-order valence-electron chi connectivity index (χ0n) is 13.7. The summed E-state index contributed by atoms with van der Waals surface area (Å²) >= 11 is 0. The molecule has 3 rings (SSSR count). The molecule has 7 nitrogen and oxygen atoms in total. The SMILES string of the molecule is COc1ccc(C(NC(=O)Cn2cn[nH]c2=O)c2ccccc2)cc1. The molecule has 0 aliphatic carbocycles. The van der Waals surface area contributed by atoms with Crippen molar-refractivity contribution < 1.29 is 9.53 Å². The fourth-order valence-corrected chi connectivity index (χ4v) is 2.55. The van der Waals surface area contributed by atoms with Gasteiger partial charge in [0.15, 0.2) is 0 Å². The first-order valence-corrected chi connectivity index (χ1v) is 7.75. The molecule has 2 aromatic carbocycles. The van der Waals surface area contributed by atoms with Crippen molar-refractivity contribution in [2.75, 3.05) is 7.11 Å². The van der Waals surface area contributed by atoms with E-state index < -0.39 is 5.69 Å². The van der Waals surface area contributed by atoms with Crippen LogP contribution in [-0.4, -0.2) is 27.8 Å². The van der Waals surface area contributed by atoms with Crippen LogP contribution in [0.2, 0.25) is 0 Å². The number of nitrogens with one attached hydrogen (secondary N) is 2. The summed E-state index contributed by atoms with van der Waals surface area (Å²) in [7, 11) is 1.61. The summed E-state index contributed by atoms with van der Waals surface area (Å²) in [6.07, 6.45) is 1.30. The van der Waals surface area contributed by atoms with Gasteiger partial charge >= 0.3 is 5.69 Å². The van der Waals surface area contributed by atoms with E-state index in [1.165, 1.54) is 10.9 Å². The van der Waals surface area contributed by atoms with Crippen LogP contribution in [0.4, 0.5) is 0 Å². The Labute approximate surface area is 144 Å². The number of rotatable bonds is 6. The summed E-state index contributed by atoms with van der Waals surface area (Å²) in [6.45, 7) is -0.102.